The number of nitrogens with two attached hydrogens (primary N) is 2. The van der Waals surface area contributed by atoms with E-state index >= 15 is 0 Å². The number of rotatable bonds is 27. The molecule has 7 fully saturated rings. The van der Waals surface area contributed by atoms with Gasteiger partial charge in [0.2, 0.25) is 0 Å². The largest absolute Gasteiger partial charge is 0.477 e. The van der Waals surface area contributed by atoms with Crippen molar-refractivity contribution in [3.8, 4) is 0 Å². The second-order valence-electron chi connectivity index (χ2n) is 22.5. The van der Waals surface area contributed by atoms with Gasteiger partial charge in [-0.25, -0.2) is 18.5 Å². The molecule has 0 aliphatic carbocycles. The first kappa shape index (κ1) is 79.8. The van der Waals surface area contributed by atoms with E-state index in [1.807, 2.05) is 0 Å². The van der Waals surface area contributed by atoms with E-state index in [0.717, 1.165) is 0 Å². The highest BCUT2D eigenvalue weighted by Gasteiger charge is 2.62. The van der Waals surface area contributed by atoms with Gasteiger partial charge in [0.25, 0.3) is 5.79 Å². The van der Waals surface area contributed by atoms with Crippen molar-refractivity contribution in [1.82, 2.24) is 0 Å². The highest BCUT2D eigenvalue weighted by molar-refractivity contribution is 7.46. The summed E-state index contributed by atoms with van der Waals surface area (Å²) in [6, 6.07) is -3.40. The fourth-order valence-corrected chi connectivity index (χ4v) is 12.8. The standard InChI is InChI=1S/C44H79N2O45P3/c45-17-22(56)20(54)15(78-37(17)64)7-76-38-18(46)23(57)32(90-93(70,71)72)16(83-38)8-77-44(43(65)66)1-10(89-92(67,68)69)33(30(88-44)9(52)2-47)85-42-29(63)36(91-94(73,74)75)34(14(6-51)82-42)86-40-27(61)25(59)31(13(5-50)81-40)84-41-28(62)35(21(55)12(4-49)80-41)87-39-26(60)24(58)19(53)11(3-48)79-39/h9-42,47-64H,1-8,45-46H2,(H,65,66)(H2,67,68,69)(H2,70,71,72)(H2,73,74,75)/t9-,10-,11-,12-,13-,14-,15-,16-,17-,18-,19-,20-,21-,22-,23-,24+,25-,26+,27-,28+,29+,30-,31-,32-,33-,34-,35+,36-,37+,38-,39-,40+,41-,42-,44-/m1/s1. The van der Waals surface area contributed by atoms with Gasteiger partial charge in [-0.2, -0.15) is 0 Å². The summed E-state index contributed by atoms with van der Waals surface area (Å²) in [5.74, 6) is -5.84. The summed E-state index contributed by atoms with van der Waals surface area (Å²) in [5, 5.41) is 203. The van der Waals surface area contributed by atoms with Crippen molar-refractivity contribution >= 4 is 29.4 Å². The third-order valence-corrected chi connectivity index (χ3v) is 17.6. The molecular weight excluding hydrogens is 1370 g/mol. The van der Waals surface area contributed by atoms with Crippen LogP contribution in [0, 0.1) is 0 Å². The van der Waals surface area contributed by atoms with Gasteiger partial charge >= 0.3 is 29.4 Å². The molecular formula is C44H79N2O45P3. The quantitative estimate of drug-likeness (QED) is 0.0340. The Morgan fingerprint density at radius 1 is 0.447 bits per heavy atom. The lowest BCUT2D eigenvalue weighted by atomic mass is 9.91. The maximum absolute atomic E-state index is 13.4. The summed E-state index contributed by atoms with van der Waals surface area (Å²) in [5.41, 5.74) is 11.6. The lowest BCUT2D eigenvalue weighted by Gasteiger charge is -2.51. The van der Waals surface area contributed by atoms with Gasteiger partial charge in [-0.15, -0.1) is 0 Å². The zero-order chi connectivity index (χ0) is 70.2. The minimum Gasteiger partial charge on any atom is -0.477 e. The van der Waals surface area contributed by atoms with Gasteiger partial charge in [0.15, 0.2) is 37.7 Å². The van der Waals surface area contributed by atoms with Gasteiger partial charge in [0.05, 0.1) is 58.3 Å². The molecule has 29 N–H and O–H groups in total. The number of phosphoric ester groups is 3. The third-order valence-electron chi connectivity index (χ3n) is 16.0. The van der Waals surface area contributed by atoms with Gasteiger partial charge in [0, 0.05) is 6.42 Å². The van der Waals surface area contributed by atoms with Crippen LogP contribution in [0.2, 0.25) is 0 Å². The normalized spacial score (nSPS) is 47.3. The molecule has 0 aromatic rings. The van der Waals surface area contributed by atoms with Crippen LogP contribution in [0.25, 0.3) is 0 Å². The Kier molecular flexibility index (Phi) is 27.7. The summed E-state index contributed by atoms with van der Waals surface area (Å²) in [6.45, 7) is -8.51. The van der Waals surface area contributed by atoms with Crippen LogP contribution in [0.4, 0.5) is 0 Å². The first-order chi connectivity index (χ1) is 43.7. The van der Waals surface area contributed by atoms with Crippen LogP contribution in [-0.2, 0) is 93.6 Å². The fraction of sp³-hybridized carbons (Fsp3) is 0.977. The summed E-state index contributed by atoms with van der Waals surface area (Å²) >= 11 is 0. The highest BCUT2D eigenvalue weighted by Crippen LogP contribution is 2.49. The molecule has 0 aromatic carbocycles. The second kappa shape index (κ2) is 32.6. The summed E-state index contributed by atoms with van der Waals surface area (Å²) in [7, 11) is -17.7. The molecule has 0 bridgehead atoms. The zero-order valence-corrected chi connectivity index (χ0v) is 50.8. The Hall–Kier alpha value is -1.52. The van der Waals surface area contributed by atoms with E-state index in [1.54, 1.807) is 0 Å². The van der Waals surface area contributed by atoms with E-state index in [2.05, 4.69) is 4.52 Å². The Morgan fingerprint density at radius 2 is 0.894 bits per heavy atom. The number of aliphatic hydroxyl groups excluding tert-OH is 18. The number of phosphoric acid groups is 3. The van der Waals surface area contributed by atoms with Gasteiger partial charge < -0.3 is 199 Å². The predicted molar refractivity (Wildman–Crippen MR) is 280 cm³/mol. The number of hydrogen-bond donors (Lipinski definition) is 27. The van der Waals surface area contributed by atoms with Crippen LogP contribution in [-0.4, -0.2) is 393 Å². The molecule has 7 saturated heterocycles. The Labute approximate surface area is 527 Å². The Balaban J connectivity index is 1.11. The maximum atomic E-state index is 13.4. The van der Waals surface area contributed by atoms with Crippen molar-refractivity contribution in [2.45, 2.75) is 221 Å². The summed E-state index contributed by atoms with van der Waals surface area (Å²) in [4.78, 5) is 73.4. The van der Waals surface area contributed by atoms with Crippen LogP contribution in [0.1, 0.15) is 6.42 Å². The van der Waals surface area contributed by atoms with E-state index < -0.39 is 296 Å². The lowest BCUT2D eigenvalue weighted by molar-refractivity contribution is -0.394. The zero-order valence-electron chi connectivity index (χ0n) is 48.1. The van der Waals surface area contributed by atoms with E-state index in [9.17, 15) is 145 Å². The Morgan fingerprint density at radius 3 is 1.43 bits per heavy atom. The first-order valence-corrected chi connectivity index (χ1v) is 32.7. The van der Waals surface area contributed by atoms with E-state index in [-0.39, 0.29) is 0 Å². The number of ether oxygens (including phenoxy) is 13. The van der Waals surface area contributed by atoms with E-state index in [1.165, 1.54) is 0 Å². The highest BCUT2D eigenvalue weighted by atomic mass is 31.2. The summed E-state index contributed by atoms with van der Waals surface area (Å²) in [6.07, 6.45) is -72.0. The van der Waals surface area contributed by atoms with Gasteiger partial charge in [-0.3, -0.25) is 13.6 Å². The topological polar surface area (TPSA) is 774 Å². The fourth-order valence-electron chi connectivity index (χ4n) is 11.1. The molecule has 0 radical (unpaired) electrons. The van der Waals surface area contributed by atoms with Gasteiger partial charge in [0.1, 0.15) is 159 Å². The molecule has 7 heterocycles. The van der Waals surface area contributed by atoms with Crippen LogP contribution < -0.4 is 11.5 Å². The average molecular weight is 1450 g/mol. The molecule has 0 amide bonds. The number of aliphatic hydroxyl groups is 18. The van der Waals surface area contributed by atoms with Crippen molar-refractivity contribution in [2.24, 2.45) is 11.5 Å². The molecule has 35 atom stereocenters. The van der Waals surface area contributed by atoms with Crippen LogP contribution in [0.5, 0.6) is 0 Å². The summed E-state index contributed by atoms with van der Waals surface area (Å²) < 4.78 is 124. The van der Waals surface area contributed by atoms with Crippen molar-refractivity contribution in [1.29, 1.82) is 0 Å². The molecule has 7 aliphatic heterocycles. The van der Waals surface area contributed by atoms with Crippen molar-refractivity contribution < 1.29 is 220 Å². The number of carboxylic acid groups (broad SMARTS) is 1. The molecule has 7 aliphatic rings. The molecule has 0 aromatic heterocycles. The third kappa shape index (κ3) is 18.4. The smallest absolute Gasteiger partial charge is 0.470 e. The van der Waals surface area contributed by atoms with Crippen molar-refractivity contribution in [2.75, 3.05) is 46.2 Å². The monoisotopic (exact) mass is 1450 g/mol. The van der Waals surface area contributed by atoms with Crippen molar-refractivity contribution in [3.05, 3.63) is 0 Å². The number of hydrogen-bond acceptors (Lipinski definition) is 40. The number of carbonyl (C=O) groups is 1. The first-order valence-electron chi connectivity index (χ1n) is 28.1. The molecule has 0 unspecified atom stereocenters. The molecule has 50 heteroatoms. The minimum atomic E-state index is -6.03. The predicted octanol–water partition coefficient (Wildman–Crippen LogP) is -16.1. The van der Waals surface area contributed by atoms with Gasteiger partial charge in [-0.1, -0.05) is 0 Å². The lowest BCUT2D eigenvalue weighted by Crippen LogP contribution is -2.69. The van der Waals surface area contributed by atoms with E-state index in [0.29, 0.717) is 0 Å². The number of aliphatic carboxylic acids is 1. The number of carboxylic acids is 1. The van der Waals surface area contributed by atoms with Crippen LogP contribution in [0.3, 0.4) is 0 Å². The van der Waals surface area contributed by atoms with Crippen molar-refractivity contribution in [3.63, 3.8) is 0 Å². The van der Waals surface area contributed by atoms with E-state index in [4.69, 9.17) is 82.1 Å². The Bertz CT molecular complexity index is 2560. The molecule has 550 valence electrons. The second-order valence-corrected chi connectivity index (χ2v) is 26.0. The van der Waals surface area contributed by atoms with Crippen LogP contribution >= 0.6 is 23.5 Å². The van der Waals surface area contributed by atoms with Gasteiger partial charge in [-0.05, 0) is 0 Å². The average Bonchev–Trinajstić information content (AvgIpc) is 0.757. The maximum Gasteiger partial charge on any atom is 0.470 e. The minimum absolute atomic E-state index is 0.867. The SMILES string of the molecule is N[C@@H]1[C@@H](O)[C@H](O)[C@@H](CO[C@@H]2O[C@H](CO[C@]3(C(=O)O)C[C@@H](OP(=O)(O)O)[C@@H](O[C@H]4O[C@H](CO)[C@@H](O[C@@H]5O[C@H](CO)[C@@H](O[C@H]6O[C@H](CO)[C@@H](O)[C@H](O[C@H]7O[C@H](CO)[C@@H](O)[C@H](O)[C@@H]7O)[C@@H]6O)[C@H](O)[C@H]5O)[C@H](OP(=O)(O)O)[C@@H]4O)[C@@H]([C@H](O)CO)O3)[C@@H](OP(=O)(O)O)[C@H](O)[C@H]2N)O[C@@H]1O. The molecule has 0 saturated carbocycles. The van der Waals surface area contributed by atoms with Crippen LogP contribution in [0.15, 0.2) is 0 Å². The molecule has 47 nitrogen and oxygen atoms in total. The molecule has 94 heavy (non-hydrogen) atoms. The molecule has 0 spiro atoms. The molecule has 7 rings (SSSR count).